The number of fused-ring (bicyclic) bond motifs is 4. The van der Waals surface area contributed by atoms with Crippen molar-refractivity contribution in [1.82, 2.24) is 4.98 Å². The molecule has 4 heterocycles. The molecule has 1 spiro atoms. The van der Waals surface area contributed by atoms with Gasteiger partial charge >= 0.3 is 6.18 Å². The number of carbonyl (C=O) groups excluding carboxylic acids is 1. The van der Waals surface area contributed by atoms with E-state index in [1.807, 2.05) is 18.2 Å². The van der Waals surface area contributed by atoms with Crippen LogP contribution in [0.5, 0.6) is 0 Å². The van der Waals surface area contributed by atoms with Gasteiger partial charge in [0.05, 0.1) is 23.0 Å². The number of nitrogens with zero attached hydrogens (tertiary/aromatic N) is 5. The van der Waals surface area contributed by atoms with E-state index in [1.54, 1.807) is 37.4 Å². The van der Waals surface area contributed by atoms with Crippen LogP contribution in [0.4, 0.5) is 30.4 Å². The summed E-state index contributed by atoms with van der Waals surface area (Å²) in [5.41, 5.74) is 0.511. The predicted octanol–water partition coefficient (Wildman–Crippen LogP) is 5.41. The number of benzene rings is 2. The summed E-state index contributed by atoms with van der Waals surface area (Å²) in [4.78, 5) is 23.0. The minimum Gasteiger partial charge on any atom is -0.363 e. The van der Waals surface area contributed by atoms with Crippen molar-refractivity contribution >= 4 is 40.4 Å². The molecule has 190 valence electrons. The maximum absolute atomic E-state index is 14.3. The standard InChI is InChI=1S/C27H23ClF3N5O/c1-17-26(25(37)36(33-17)21-8-6-20(28)7-9-21)15-18-14-19(27(29,30)31)5-10-22(18)35-13-12-34(16-23(26)35)24-4-2-3-11-32-24/h2-11,14,23H,12-13,15-16H2,1H3/t23-,26-/m0/s1. The zero-order chi connectivity index (χ0) is 25.9. The van der Waals surface area contributed by atoms with Gasteiger partial charge in [-0.1, -0.05) is 17.7 Å². The molecule has 0 unspecified atom stereocenters. The predicted molar refractivity (Wildman–Crippen MR) is 137 cm³/mol. The Balaban J connectivity index is 1.47. The Hall–Kier alpha value is -3.59. The SMILES string of the molecule is CC1=NN(c2ccc(Cl)cc2)C(=O)[C@@]12Cc1cc(C(F)(F)F)ccc1N1CCN(c3ccccn3)C[C@H]12. The van der Waals surface area contributed by atoms with Crippen molar-refractivity contribution in [3.8, 4) is 0 Å². The summed E-state index contributed by atoms with van der Waals surface area (Å²) in [5, 5.41) is 6.55. The lowest BCUT2D eigenvalue weighted by Gasteiger charge is -2.53. The lowest BCUT2D eigenvalue weighted by molar-refractivity contribution is -0.137. The molecule has 1 saturated heterocycles. The van der Waals surface area contributed by atoms with Gasteiger partial charge in [0.15, 0.2) is 0 Å². The van der Waals surface area contributed by atoms with E-state index in [0.717, 1.165) is 17.6 Å². The van der Waals surface area contributed by atoms with Gasteiger partial charge in [-0.2, -0.15) is 23.3 Å². The molecule has 0 saturated carbocycles. The Morgan fingerprint density at radius 1 is 1.05 bits per heavy atom. The molecule has 3 aliphatic rings. The molecule has 10 heteroatoms. The number of pyridine rings is 1. The molecule has 0 bridgehead atoms. The molecule has 3 aromatic rings. The molecular weight excluding hydrogens is 503 g/mol. The molecule has 37 heavy (non-hydrogen) atoms. The Labute approximate surface area is 217 Å². The Morgan fingerprint density at radius 3 is 2.54 bits per heavy atom. The van der Waals surface area contributed by atoms with E-state index < -0.39 is 17.2 Å². The van der Waals surface area contributed by atoms with Gasteiger partial charge in [0.25, 0.3) is 5.91 Å². The second-order valence-corrected chi connectivity index (χ2v) is 10.0. The smallest absolute Gasteiger partial charge is 0.363 e. The Bertz CT molecular complexity index is 1400. The first-order chi connectivity index (χ1) is 17.7. The van der Waals surface area contributed by atoms with Crippen molar-refractivity contribution in [2.75, 3.05) is 34.4 Å². The van der Waals surface area contributed by atoms with Gasteiger partial charge < -0.3 is 9.80 Å². The number of rotatable bonds is 2. The summed E-state index contributed by atoms with van der Waals surface area (Å²) in [5.74, 6) is 0.540. The van der Waals surface area contributed by atoms with E-state index in [1.165, 1.54) is 17.1 Å². The van der Waals surface area contributed by atoms with Crippen LogP contribution in [0.25, 0.3) is 0 Å². The summed E-state index contributed by atoms with van der Waals surface area (Å²) < 4.78 is 40.9. The van der Waals surface area contributed by atoms with Crippen LogP contribution in [0, 0.1) is 5.41 Å². The van der Waals surface area contributed by atoms with E-state index in [0.29, 0.717) is 41.6 Å². The fourth-order valence-corrected chi connectivity index (χ4v) is 5.94. The van der Waals surface area contributed by atoms with E-state index in [4.69, 9.17) is 11.6 Å². The molecule has 1 amide bonds. The molecule has 6 rings (SSSR count). The Kier molecular flexibility index (Phi) is 5.45. The lowest BCUT2D eigenvalue weighted by atomic mass is 9.67. The number of piperazine rings is 1. The van der Waals surface area contributed by atoms with Crippen molar-refractivity contribution in [3.63, 3.8) is 0 Å². The normalized spacial score (nSPS) is 23.3. The number of amides is 1. The van der Waals surface area contributed by atoms with E-state index in [9.17, 15) is 18.0 Å². The number of hydrogen-bond donors (Lipinski definition) is 0. The minimum atomic E-state index is -4.48. The molecule has 0 radical (unpaired) electrons. The fourth-order valence-electron chi connectivity index (χ4n) is 5.82. The third kappa shape index (κ3) is 3.75. The average molecular weight is 526 g/mol. The first kappa shape index (κ1) is 23.8. The number of carbonyl (C=O) groups is 1. The summed E-state index contributed by atoms with van der Waals surface area (Å²) in [7, 11) is 0. The van der Waals surface area contributed by atoms with Gasteiger partial charge in [0, 0.05) is 36.5 Å². The summed E-state index contributed by atoms with van der Waals surface area (Å²) in [6, 6.07) is 16.0. The highest BCUT2D eigenvalue weighted by atomic mass is 35.5. The van der Waals surface area contributed by atoms with Gasteiger partial charge in [-0.15, -0.1) is 0 Å². The first-order valence-electron chi connectivity index (χ1n) is 12.0. The number of hydrazone groups is 1. The van der Waals surface area contributed by atoms with Crippen molar-refractivity contribution in [1.29, 1.82) is 0 Å². The van der Waals surface area contributed by atoms with Crippen LogP contribution in [0.2, 0.25) is 5.02 Å². The van der Waals surface area contributed by atoms with Gasteiger partial charge in [0.1, 0.15) is 11.2 Å². The average Bonchev–Trinajstić information content (AvgIpc) is 3.14. The van der Waals surface area contributed by atoms with Gasteiger partial charge in [0.2, 0.25) is 0 Å². The van der Waals surface area contributed by atoms with Crippen molar-refractivity contribution in [2.45, 2.75) is 25.6 Å². The zero-order valence-electron chi connectivity index (χ0n) is 19.9. The van der Waals surface area contributed by atoms with Crippen molar-refractivity contribution in [2.24, 2.45) is 10.5 Å². The van der Waals surface area contributed by atoms with E-state index >= 15 is 0 Å². The maximum Gasteiger partial charge on any atom is 0.416 e. The zero-order valence-corrected chi connectivity index (χ0v) is 20.7. The number of aromatic nitrogens is 1. The third-order valence-corrected chi connectivity index (χ3v) is 7.90. The van der Waals surface area contributed by atoms with E-state index in [2.05, 4.69) is 19.9 Å². The summed E-state index contributed by atoms with van der Waals surface area (Å²) >= 11 is 6.05. The molecular formula is C27H23ClF3N5O. The summed E-state index contributed by atoms with van der Waals surface area (Å²) in [6.45, 7) is 3.42. The number of halogens is 4. The van der Waals surface area contributed by atoms with Crippen LogP contribution in [0.15, 0.2) is 72.0 Å². The topological polar surface area (TPSA) is 52.0 Å². The monoisotopic (exact) mass is 525 g/mol. The van der Waals surface area contributed by atoms with E-state index in [-0.39, 0.29) is 18.4 Å². The van der Waals surface area contributed by atoms with Crippen LogP contribution in [-0.2, 0) is 17.4 Å². The summed E-state index contributed by atoms with van der Waals surface area (Å²) in [6.07, 6.45) is -2.63. The highest BCUT2D eigenvalue weighted by molar-refractivity contribution is 6.30. The second-order valence-electron chi connectivity index (χ2n) is 9.61. The number of hydrogen-bond acceptors (Lipinski definition) is 5. The van der Waals surface area contributed by atoms with Gasteiger partial charge in [-0.25, -0.2) is 4.98 Å². The molecule has 1 aromatic heterocycles. The highest BCUT2D eigenvalue weighted by Crippen LogP contribution is 2.49. The molecule has 1 fully saturated rings. The van der Waals surface area contributed by atoms with Crippen molar-refractivity contribution < 1.29 is 18.0 Å². The molecule has 2 atom stereocenters. The largest absolute Gasteiger partial charge is 0.416 e. The minimum absolute atomic E-state index is 0.127. The van der Waals surface area contributed by atoms with Crippen LogP contribution >= 0.6 is 11.6 Å². The fraction of sp³-hybridized carbons (Fsp3) is 0.296. The molecule has 2 aromatic carbocycles. The first-order valence-corrected chi connectivity index (χ1v) is 12.3. The van der Waals surface area contributed by atoms with Crippen molar-refractivity contribution in [3.05, 3.63) is 83.0 Å². The maximum atomic E-state index is 14.3. The van der Waals surface area contributed by atoms with Crippen LogP contribution < -0.4 is 14.8 Å². The number of alkyl halides is 3. The van der Waals surface area contributed by atoms with Crippen LogP contribution in [0.1, 0.15) is 18.1 Å². The lowest BCUT2D eigenvalue weighted by Crippen LogP contribution is -2.67. The van der Waals surface area contributed by atoms with Crippen LogP contribution in [0.3, 0.4) is 0 Å². The molecule has 0 N–H and O–H groups in total. The quantitative estimate of drug-likeness (QED) is 0.449. The van der Waals surface area contributed by atoms with Gasteiger partial charge in [-0.3, -0.25) is 4.79 Å². The third-order valence-electron chi connectivity index (χ3n) is 7.65. The number of anilines is 3. The molecule has 3 aliphatic heterocycles. The van der Waals surface area contributed by atoms with Crippen LogP contribution in [-0.4, -0.2) is 42.3 Å². The van der Waals surface area contributed by atoms with Gasteiger partial charge in [-0.05, 0) is 73.5 Å². The highest BCUT2D eigenvalue weighted by Gasteiger charge is 2.60. The molecule has 6 nitrogen and oxygen atoms in total. The molecule has 0 aliphatic carbocycles. The Morgan fingerprint density at radius 2 is 1.84 bits per heavy atom. The second kappa shape index (κ2) is 8.48.